The van der Waals surface area contributed by atoms with Gasteiger partial charge in [0.2, 0.25) is 0 Å². The van der Waals surface area contributed by atoms with Crippen LogP contribution in [0.3, 0.4) is 0 Å². The SMILES string of the molecule is COc1ccc(/C=N\NC(=O)C(=O)NCCc2ccc(OC)c(OC)c2)c(OC)c1. The molecule has 9 nitrogen and oxygen atoms in total. The molecule has 0 aromatic heterocycles. The van der Waals surface area contributed by atoms with Crippen molar-refractivity contribution in [2.75, 3.05) is 35.0 Å². The molecule has 0 fully saturated rings. The third-order valence-corrected chi connectivity index (χ3v) is 4.16. The smallest absolute Gasteiger partial charge is 0.329 e. The molecule has 30 heavy (non-hydrogen) atoms. The number of carbonyl (C=O) groups is 2. The van der Waals surface area contributed by atoms with Crippen LogP contribution in [-0.2, 0) is 16.0 Å². The van der Waals surface area contributed by atoms with Gasteiger partial charge in [-0.1, -0.05) is 6.07 Å². The Hall–Kier alpha value is -3.75. The molecule has 0 aliphatic rings. The second kappa shape index (κ2) is 11.3. The van der Waals surface area contributed by atoms with E-state index in [1.165, 1.54) is 13.3 Å². The maximum Gasteiger partial charge on any atom is 0.329 e. The van der Waals surface area contributed by atoms with Gasteiger partial charge in [0.25, 0.3) is 0 Å². The van der Waals surface area contributed by atoms with Crippen LogP contribution >= 0.6 is 0 Å². The monoisotopic (exact) mass is 415 g/mol. The molecule has 0 unspecified atom stereocenters. The number of rotatable bonds is 9. The van der Waals surface area contributed by atoms with Gasteiger partial charge in [0, 0.05) is 18.2 Å². The van der Waals surface area contributed by atoms with Crippen LogP contribution in [0.4, 0.5) is 0 Å². The fraction of sp³-hybridized carbons (Fsp3) is 0.286. The Morgan fingerprint density at radius 2 is 1.60 bits per heavy atom. The molecule has 160 valence electrons. The van der Waals surface area contributed by atoms with Crippen LogP contribution in [0.15, 0.2) is 41.5 Å². The summed E-state index contributed by atoms with van der Waals surface area (Å²) >= 11 is 0. The van der Waals surface area contributed by atoms with Crippen molar-refractivity contribution in [2.24, 2.45) is 5.10 Å². The van der Waals surface area contributed by atoms with E-state index in [4.69, 9.17) is 18.9 Å². The van der Waals surface area contributed by atoms with Gasteiger partial charge >= 0.3 is 11.8 Å². The Bertz CT molecular complexity index is 914. The van der Waals surface area contributed by atoms with Gasteiger partial charge in [0.1, 0.15) is 11.5 Å². The molecule has 0 aliphatic heterocycles. The highest BCUT2D eigenvalue weighted by Gasteiger charge is 2.12. The molecule has 9 heteroatoms. The summed E-state index contributed by atoms with van der Waals surface area (Å²) in [5, 5.41) is 6.34. The van der Waals surface area contributed by atoms with Gasteiger partial charge in [0.15, 0.2) is 11.5 Å². The normalized spacial score (nSPS) is 10.4. The van der Waals surface area contributed by atoms with Crippen molar-refractivity contribution < 1.29 is 28.5 Å². The Morgan fingerprint density at radius 3 is 2.27 bits per heavy atom. The number of nitrogens with zero attached hydrogens (tertiary/aromatic N) is 1. The molecule has 2 amide bonds. The molecule has 0 saturated carbocycles. The minimum Gasteiger partial charge on any atom is -0.497 e. The molecule has 0 spiro atoms. The lowest BCUT2D eigenvalue weighted by Gasteiger charge is -2.10. The number of hydrogen-bond donors (Lipinski definition) is 2. The zero-order valence-corrected chi connectivity index (χ0v) is 17.4. The first-order valence-corrected chi connectivity index (χ1v) is 9.06. The summed E-state index contributed by atoms with van der Waals surface area (Å²) < 4.78 is 20.8. The van der Waals surface area contributed by atoms with Crippen LogP contribution in [0.2, 0.25) is 0 Å². The lowest BCUT2D eigenvalue weighted by Crippen LogP contribution is -2.38. The number of methoxy groups -OCH3 is 4. The molecule has 0 bridgehead atoms. The van der Waals surface area contributed by atoms with Gasteiger partial charge in [-0.3, -0.25) is 9.59 Å². The standard InChI is InChI=1S/C21H25N3O6/c1-27-16-7-6-15(18(12-16)29-3)13-23-24-21(26)20(25)22-10-9-14-5-8-17(28-2)19(11-14)30-4/h5-8,11-13H,9-10H2,1-4H3,(H,22,25)(H,24,26)/b23-13-. The van der Waals surface area contributed by atoms with E-state index in [0.717, 1.165) is 5.56 Å². The molecule has 0 atom stereocenters. The van der Waals surface area contributed by atoms with Crippen molar-refractivity contribution in [3.8, 4) is 23.0 Å². The van der Waals surface area contributed by atoms with Gasteiger partial charge in [-0.15, -0.1) is 0 Å². The van der Waals surface area contributed by atoms with Crippen LogP contribution in [0, 0.1) is 0 Å². The lowest BCUT2D eigenvalue weighted by atomic mass is 10.1. The van der Waals surface area contributed by atoms with E-state index in [0.29, 0.717) is 35.0 Å². The van der Waals surface area contributed by atoms with Crippen molar-refractivity contribution in [2.45, 2.75) is 6.42 Å². The Kier molecular flexibility index (Phi) is 8.49. The van der Waals surface area contributed by atoms with E-state index in [-0.39, 0.29) is 6.54 Å². The van der Waals surface area contributed by atoms with Crippen LogP contribution in [0.5, 0.6) is 23.0 Å². The maximum absolute atomic E-state index is 11.9. The number of hydrogen-bond acceptors (Lipinski definition) is 7. The van der Waals surface area contributed by atoms with Crippen LogP contribution < -0.4 is 29.7 Å². The third-order valence-electron chi connectivity index (χ3n) is 4.16. The van der Waals surface area contributed by atoms with Gasteiger partial charge in [-0.2, -0.15) is 5.10 Å². The predicted molar refractivity (Wildman–Crippen MR) is 112 cm³/mol. The van der Waals surface area contributed by atoms with E-state index < -0.39 is 11.8 Å². The molecular formula is C21H25N3O6. The molecule has 2 rings (SSSR count). The van der Waals surface area contributed by atoms with Gasteiger partial charge in [0.05, 0.1) is 34.7 Å². The van der Waals surface area contributed by atoms with Crippen molar-refractivity contribution in [1.82, 2.24) is 10.7 Å². The first-order valence-electron chi connectivity index (χ1n) is 9.06. The predicted octanol–water partition coefficient (Wildman–Crippen LogP) is 1.53. The topological polar surface area (TPSA) is 107 Å². The fourth-order valence-corrected chi connectivity index (χ4v) is 2.57. The molecule has 2 N–H and O–H groups in total. The largest absolute Gasteiger partial charge is 0.497 e. The lowest BCUT2D eigenvalue weighted by molar-refractivity contribution is -0.139. The van der Waals surface area contributed by atoms with Gasteiger partial charge in [-0.25, -0.2) is 5.43 Å². The van der Waals surface area contributed by atoms with E-state index >= 15 is 0 Å². The zero-order valence-electron chi connectivity index (χ0n) is 17.4. The molecule has 0 saturated heterocycles. The number of nitrogens with one attached hydrogen (secondary N) is 2. The quantitative estimate of drug-likeness (QED) is 0.365. The number of hydrazone groups is 1. The first-order chi connectivity index (χ1) is 14.5. The first kappa shape index (κ1) is 22.5. The highest BCUT2D eigenvalue weighted by molar-refractivity contribution is 6.35. The maximum atomic E-state index is 11.9. The second-order valence-electron chi connectivity index (χ2n) is 6.00. The van der Waals surface area contributed by atoms with Crippen molar-refractivity contribution in [3.63, 3.8) is 0 Å². The summed E-state index contributed by atoms with van der Waals surface area (Å²) in [6.07, 6.45) is 1.90. The third kappa shape index (κ3) is 6.13. The number of ether oxygens (including phenoxy) is 4. The fourth-order valence-electron chi connectivity index (χ4n) is 2.57. The number of benzene rings is 2. The average molecular weight is 415 g/mol. The second-order valence-corrected chi connectivity index (χ2v) is 6.00. The van der Waals surface area contributed by atoms with Crippen LogP contribution in [-0.4, -0.2) is 53.0 Å². The minimum absolute atomic E-state index is 0.276. The average Bonchev–Trinajstić information content (AvgIpc) is 2.78. The van der Waals surface area contributed by atoms with Gasteiger partial charge < -0.3 is 24.3 Å². The highest BCUT2D eigenvalue weighted by atomic mass is 16.5. The van der Waals surface area contributed by atoms with Crippen molar-refractivity contribution in [3.05, 3.63) is 47.5 Å². The molecule has 0 aliphatic carbocycles. The van der Waals surface area contributed by atoms with E-state index in [1.807, 2.05) is 12.1 Å². The molecule has 0 radical (unpaired) electrons. The highest BCUT2D eigenvalue weighted by Crippen LogP contribution is 2.27. The Labute approximate surface area is 175 Å². The molecule has 2 aromatic carbocycles. The Balaban J connectivity index is 1.84. The summed E-state index contributed by atoms with van der Waals surface area (Å²) in [5.74, 6) is 0.715. The molecular weight excluding hydrogens is 390 g/mol. The summed E-state index contributed by atoms with van der Waals surface area (Å²) in [4.78, 5) is 23.8. The van der Waals surface area contributed by atoms with Crippen LogP contribution in [0.25, 0.3) is 0 Å². The van der Waals surface area contributed by atoms with Crippen LogP contribution in [0.1, 0.15) is 11.1 Å². The zero-order chi connectivity index (χ0) is 21.9. The molecule has 2 aromatic rings. The summed E-state index contributed by atoms with van der Waals surface area (Å²) in [6, 6.07) is 10.6. The van der Waals surface area contributed by atoms with E-state index in [9.17, 15) is 9.59 Å². The van der Waals surface area contributed by atoms with Crippen molar-refractivity contribution in [1.29, 1.82) is 0 Å². The number of carbonyl (C=O) groups excluding carboxylic acids is 2. The summed E-state index contributed by atoms with van der Waals surface area (Å²) in [5.41, 5.74) is 3.73. The van der Waals surface area contributed by atoms with E-state index in [2.05, 4.69) is 15.8 Å². The number of amides is 2. The van der Waals surface area contributed by atoms with Crippen molar-refractivity contribution >= 4 is 18.0 Å². The van der Waals surface area contributed by atoms with E-state index in [1.54, 1.807) is 45.6 Å². The minimum atomic E-state index is -0.869. The molecule has 0 heterocycles. The van der Waals surface area contributed by atoms with Gasteiger partial charge in [-0.05, 0) is 36.2 Å². The summed E-state index contributed by atoms with van der Waals surface area (Å²) in [6.45, 7) is 0.276. The summed E-state index contributed by atoms with van der Waals surface area (Å²) in [7, 11) is 6.17. The Morgan fingerprint density at radius 1 is 0.867 bits per heavy atom.